The van der Waals surface area contributed by atoms with Crippen LogP contribution in [0.4, 0.5) is 0 Å². The van der Waals surface area contributed by atoms with E-state index in [0.29, 0.717) is 11.1 Å². The standard InChI is InChI=1S/C44H26N4/c45-27-31-10-9-15-39-38-14-4-8-19-43(38)48(44(31)39)40-16-5-1-11-35(40)30-22-20-29(21-23-30)34-25-24-33(26-32(34)28-46)47-41-17-6-2-12-36(41)37-13-3-7-18-42(37)47/h1-26H. The quantitative estimate of drug-likeness (QED) is 0.199. The van der Waals surface area contributed by atoms with Crippen molar-refractivity contribution in [3.05, 3.63) is 169 Å². The van der Waals surface area contributed by atoms with Gasteiger partial charge in [-0.3, -0.25) is 0 Å². The number of para-hydroxylation sites is 5. The second kappa shape index (κ2) is 10.9. The molecular weight excluding hydrogens is 585 g/mol. The van der Waals surface area contributed by atoms with E-state index >= 15 is 0 Å². The minimum absolute atomic E-state index is 0.622. The number of aromatic nitrogens is 2. The molecule has 0 amide bonds. The molecule has 0 saturated carbocycles. The van der Waals surface area contributed by atoms with E-state index in [4.69, 9.17) is 0 Å². The molecule has 0 spiro atoms. The summed E-state index contributed by atoms with van der Waals surface area (Å²) in [4.78, 5) is 0. The smallest absolute Gasteiger partial charge is 0.101 e. The summed E-state index contributed by atoms with van der Waals surface area (Å²) in [6.07, 6.45) is 0. The van der Waals surface area contributed by atoms with Crippen molar-refractivity contribution in [2.24, 2.45) is 0 Å². The number of fused-ring (bicyclic) bond motifs is 6. The molecule has 0 radical (unpaired) electrons. The summed E-state index contributed by atoms with van der Waals surface area (Å²) >= 11 is 0. The van der Waals surface area contributed by atoms with E-state index in [1.54, 1.807) is 0 Å². The van der Waals surface area contributed by atoms with Crippen molar-refractivity contribution in [3.63, 3.8) is 0 Å². The van der Waals surface area contributed by atoms with E-state index in [-0.39, 0.29) is 0 Å². The van der Waals surface area contributed by atoms with Gasteiger partial charge in [0, 0.05) is 32.8 Å². The maximum atomic E-state index is 10.3. The summed E-state index contributed by atoms with van der Waals surface area (Å²) in [7, 11) is 0. The van der Waals surface area contributed by atoms with Crippen LogP contribution in [-0.2, 0) is 0 Å². The van der Waals surface area contributed by atoms with Crippen LogP contribution in [0.15, 0.2) is 158 Å². The minimum atomic E-state index is 0.622. The molecule has 0 unspecified atom stereocenters. The lowest BCUT2D eigenvalue weighted by Gasteiger charge is -2.15. The lowest BCUT2D eigenvalue weighted by molar-refractivity contribution is 1.18. The van der Waals surface area contributed by atoms with Gasteiger partial charge in [-0.15, -0.1) is 0 Å². The summed E-state index contributed by atoms with van der Waals surface area (Å²) in [5, 5.41) is 25.0. The summed E-state index contributed by atoms with van der Waals surface area (Å²) in [6.45, 7) is 0. The van der Waals surface area contributed by atoms with Crippen LogP contribution in [0.25, 0.3) is 77.2 Å². The Morgan fingerprint density at radius 1 is 0.396 bits per heavy atom. The van der Waals surface area contributed by atoms with Gasteiger partial charge in [0.15, 0.2) is 0 Å². The van der Waals surface area contributed by atoms with E-state index in [9.17, 15) is 10.5 Å². The van der Waals surface area contributed by atoms with Crippen LogP contribution in [0.2, 0.25) is 0 Å². The molecule has 222 valence electrons. The third kappa shape index (κ3) is 4.07. The molecule has 48 heavy (non-hydrogen) atoms. The molecule has 0 aliphatic rings. The Kier molecular flexibility index (Phi) is 6.22. The molecule has 2 aromatic heterocycles. The Hall–Kier alpha value is -6.88. The van der Waals surface area contributed by atoms with E-state index in [1.165, 1.54) is 10.8 Å². The number of nitrogens with zero attached hydrogens (tertiary/aromatic N) is 4. The van der Waals surface area contributed by atoms with Crippen molar-refractivity contribution in [2.75, 3.05) is 0 Å². The molecule has 0 bridgehead atoms. The van der Waals surface area contributed by atoms with Crippen LogP contribution >= 0.6 is 0 Å². The van der Waals surface area contributed by atoms with Crippen LogP contribution in [0, 0.1) is 22.7 Å². The minimum Gasteiger partial charge on any atom is -0.309 e. The highest BCUT2D eigenvalue weighted by Gasteiger charge is 2.18. The zero-order valence-corrected chi connectivity index (χ0v) is 25.8. The monoisotopic (exact) mass is 610 g/mol. The third-order valence-corrected chi connectivity index (χ3v) is 9.43. The van der Waals surface area contributed by atoms with Crippen molar-refractivity contribution < 1.29 is 0 Å². The fourth-order valence-corrected chi connectivity index (χ4v) is 7.32. The maximum absolute atomic E-state index is 10.3. The van der Waals surface area contributed by atoms with Crippen LogP contribution < -0.4 is 0 Å². The van der Waals surface area contributed by atoms with Crippen LogP contribution in [0.3, 0.4) is 0 Å². The molecule has 9 rings (SSSR count). The molecule has 4 nitrogen and oxygen atoms in total. The predicted molar refractivity (Wildman–Crippen MR) is 195 cm³/mol. The Balaban J connectivity index is 1.15. The number of rotatable bonds is 4. The lowest BCUT2D eigenvalue weighted by Crippen LogP contribution is -1.98. The zero-order valence-electron chi connectivity index (χ0n) is 25.8. The van der Waals surface area contributed by atoms with E-state index in [2.05, 4.69) is 137 Å². The first-order valence-electron chi connectivity index (χ1n) is 15.9. The summed E-state index contributed by atoms with van der Waals surface area (Å²) in [5.74, 6) is 0. The van der Waals surface area contributed by atoms with Gasteiger partial charge < -0.3 is 9.13 Å². The molecule has 0 aliphatic carbocycles. The van der Waals surface area contributed by atoms with E-state index in [1.807, 2.05) is 42.5 Å². The predicted octanol–water partition coefficient (Wildman–Crippen LogP) is 11.0. The Morgan fingerprint density at radius 3 is 1.56 bits per heavy atom. The molecule has 0 N–H and O–H groups in total. The molecule has 0 aliphatic heterocycles. The number of hydrogen-bond acceptors (Lipinski definition) is 2. The van der Waals surface area contributed by atoms with Crippen LogP contribution in [0.1, 0.15) is 11.1 Å². The first kappa shape index (κ1) is 27.4. The average Bonchev–Trinajstić information content (AvgIpc) is 3.68. The Morgan fingerprint density at radius 2 is 0.917 bits per heavy atom. The van der Waals surface area contributed by atoms with E-state index in [0.717, 1.165) is 66.5 Å². The van der Waals surface area contributed by atoms with Gasteiger partial charge in [0.2, 0.25) is 0 Å². The number of benzene rings is 7. The maximum Gasteiger partial charge on any atom is 0.101 e. The van der Waals surface area contributed by atoms with Crippen molar-refractivity contribution in [3.8, 4) is 45.8 Å². The first-order chi connectivity index (χ1) is 23.7. The normalized spacial score (nSPS) is 11.3. The van der Waals surface area contributed by atoms with Crippen LogP contribution in [-0.4, -0.2) is 9.13 Å². The molecular formula is C44H26N4. The van der Waals surface area contributed by atoms with Gasteiger partial charge in [0.25, 0.3) is 0 Å². The number of nitriles is 2. The molecule has 2 heterocycles. The topological polar surface area (TPSA) is 57.4 Å². The highest BCUT2D eigenvalue weighted by Crippen LogP contribution is 2.39. The summed E-state index contributed by atoms with van der Waals surface area (Å²) < 4.78 is 4.45. The van der Waals surface area contributed by atoms with Gasteiger partial charge in [-0.1, -0.05) is 115 Å². The highest BCUT2D eigenvalue weighted by molar-refractivity contribution is 6.11. The molecule has 9 aromatic rings. The second-order valence-electron chi connectivity index (χ2n) is 12.0. The molecule has 0 atom stereocenters. The van der Waals surface area contributed by atoms with Gasteiger partial charge in [-0.05, 0) is 59.2 Å². The Labute approximate surface area is 277 Å². The van der Waals surface area contributed by atoms with Gasteiger partial charge in [0.1, 0.15) is 6.07 Å². The van der Waals surface area contributed by atoms with Crippen molar-refractivity contribution in [1.29, 1.82) is 10.5 Å². The van der Waals surface area contributed by atoms with Crippen molar-refractivity contribution >= 4 is 43.6 Å². The Bertz CT molecular complexity index is 2750. The first-order valence-corrected chi connectivity index (χ1v) is 15.9. The molecule has 7 aromatic carbocycles. The average molecular weight is 611 g/mol. The SMILES string of the molecule is N#Cc1cc(-n2c3ccccc3c3ccccc32)ccc1-c1ccc(-c2ccccc2-n2c3ccccc3c3cccc(C#N)c32)cc1. The summed E-state index contributed by atoms with van der Waals surface area (Å²) in [6, 6.07) is 58.8. The van der Waals surface area contributed by atoms with Gasteiger partial charge in [-0.25, -0.2) is 0 Å². The zero-order chi connectivity index (χ0) is 32.2. The fourth-order valence-electron chi connectivity index (χ4n) is 7.32. The lowest BCUT2D eigenvalue weighted by atomic mass is 9.96. The van der Waals surface area contributed by atoms with Gasteiger partial charge in [-0.2, -0.15) is 10.5 Å². The third-order valence-electron chi connectivity index (χ3n) is 9.43. The largest absolute Gasteiger partial charge is 0.309 e. The molecule has 4 heteroatoms. The van der Waals surface area contributed by atoms with E-state index < -0.39 is 0 Å². The van der Waals surface area contributed by atoms with Gasteiger partial charge >= 0.3 is 0 Å². The fraction of sp³-hybridized carbons (Fsp3) is 0. The van der Waals surface area contributed by atoms with Crippen molar-refractivity contribution in [1.82, 2.24) is 9.13 Å². The van der Waals surface area contributed by atoms with Crippen molar-refractivity contribution in [2.45, 2.75) is 0 Å². The second-order valence-corrected chi connectivity index (χ2v) is 12.0. The molecule has 0 fully saturated rings. The summed E-state index contributed by atoms with van der Waals surface area (Å²) in [5.41, 5.74) is 11.4. The highest BCUT2D eigenvalue weighted by atomic mass is 15.0. The van der Waals surface area contributed by atoms with Gasteiger partial charge in [0.05, 0.1) is 45.0 Å². The molecule has 0 saturated heterocycles. The number of hydrogen-bond donors (Lipinski definition) is 0. The van der Waals surface area contributed by atoms with Crippen LogP contribution in [0.5, 0.6) is 0 Å².